The number of aliphatic hydroxyl groups is 1. The van der Waals surface area contributed by atoms with E-state index in [1.807, 2.05) is 6.07 Å². The van der Waals surface area contributed by atoms with E-state index in [9.17, 15) is 5.11 Å². The van der Waals surface area contributed by atoms with Crippen LogP contribution in [0.3, 0.4) is 0 Å². The number of rotatable bonds is 3. The second kappa shape index (κ2) is 5.17. The zero-order valence-corrected chi connectivity index (χ0v) is 10.1. The second-order valence-electron chi connectivity index (χ2n) is 3.59. The van der Waals surface area contributed by atoms with Gasteiger partial charge in [0.1, 0.15) is 6.10 Å². The van der Waals surface area contributed by atoms with Crippen molar-refractivity contribution in [2.24, 2.45) is 0 Å². The summed E-state index contributed by atoms with van der Waals surface area (Å²) in [6.07, 6.45) is 0.858. The number of aromatic nitrogens is 1. The number of hydrogen-bond donors (Lipinski definition) is 1. The predicted octanol–water partition coefficient (Wildman–Crippen LogP) is 2.83. The Morgan fingerprint density at radius 3 is 2.65 bits per heavy atom. The molecule has 2 rings (SSSR count). The second-order valence-corrected chi connectivity index (χ2v) is 4.03. The molecule has 3 nitrogen and oxygen atoms in total. The molecule has 4 heteroatoms. The molecule has 1 aromatic heterocycles. The lowest BCUT2D eigenvalue weighted by Gasteiger charge is -2.11. The minimum atomic E-state index is -0.730. The number of hydrogen-bond acceptors (Lipinski definition) is 3. The van der Waals surface area contributed by atoms with Crippen molar-refractivity contribution in [2.75, 3.05) is 7.11 Å². The van der Waals surface area contributed by atoms with Crippen LogP contribution in [0.15, 0.2) is 42.6 Å². The Labute approximate surface area is 105 Å². The van der Waals surface area contributed by atoms with Gasteiger partial charge in [-0.1, -0.05) is 23.7 Å². The van der Waals surface area contributed by atoms with Crippen molar-refractivity contribution >= 4 is 11.6 Å². The Kier molecular flexibility index (Phi) is 3.61. The van der Waals surface area contributed by atoms with Gasteiger partial charge in [-0.25, -0.2) is 4.98 Å². The molecule has 0 aliphatic heterocycles. The van der Waals surface area contributed by atoms with Crippen LogP contribution in [0, 0.1) is 0 Å². The van der Waals surface area contributed by atoms with E-state index in [-0.39, 0.29) is 0 Å². The largest absolute Gasteiger partial charge is 0.481 e. The van der Waals surface area contributed by atoms with Crippen LogP contribution in [0.25, 0.3) is 0 Å². The summed E-state index contributed by atoms with van der Waals surface area (Å²) in [5.41, 5.74) is 1.44. The lowest BCUT2D eigenvalue weighted by atomic mass is 10.0. The zero-order valence-electron chi connectivity index (χ0n) is 9.30. The van der Waals surface area contributed by atoms with Gasteiger partial charge < -0.3 is 9.84 Å². The fourth-order valence-corrected chi connectivity index (χ4v) is 1.74. The lowest BCUT2D eigenvalue weighted by Crippen LogP contribution is -2.00. The average Bonchev–Trinajstić information content (AvgIpc) is 2.38. The molecule has 88 valence electrons. The van der Waals surface area contributed by atoms with E-state index in [1.165, 1.54) is 0 Å². The van der Waals surface area contributed by atoms with Crippen LogP contribution < -0.4 is 4.74 Å². The predicted molar refractivity (Wildman–Crippen MR) is 66.3 cm³/mol. The third kappa shape index (κ3) is 2.75. The normalized spacial score (nSPS) is 12.2. The summed E-state index contributed by atoms with van der Waals surface area (Å²) in [6, 6.07) is 10.6. The molecule has 0 radical (unpaired) electrons. The van der Waals surface area contributed by atoms with Crippen molar-refractivity contribution < 1.29 is 9.84 Å². The number of halogens is 1. The molecular formula is C13H12ClNO2. The van der Waals surface area contributed by atoms with E-state index in [1.54, 1.807) is 43.6 Å². The van der Waals surface area contributed by atoms with E-state index in [0.717, 1.165) is 5.56 Å². The first-order chi connectivity index (χ1) is 8.20. The Morgan fingerprint density at radius 1 is 1.24 bits per heavy atom. The summed E-state index contributed by atoms with van der Waals surface area (Å²) < 4.78 is 4.96. The number of ether oxygens (including phenoxy) is 1. The smallest absolute Gasteiger partial charge is 0.212 e. The molecule has 0 aliphatic carbocycles. The topological polar surface area (TPSA) is 42.4 Å². The summed E-state index contributed by atoms with van der Waals surface area (Å²) in [7, 11) is 1.55. The maximum Gasteiger partial charge on any atom is 0.212 e. The number of nitrogens with zero attached hydrogens (tertiary/aromatic N) is 1. The molecular weight excluding hydrogens is 238 g/mol. The standard InChI is InChI=1S/C13H12ClNO2/c1-17-12-6-5-10(8-15-12)13(16)9-3-2-4-11(14)7-9/h2-8,13,16H,1H3. The quantitative estimate of drug-likeness (QED) is 0.910. The van der Waals surface area contributed by atoms with Gasteiger partial charge in [0, 0.05) is 22.8 Å². The fraction of sp³-hybridized carbons (Fsp3) is 0.154. The van der Waals surface area contributed by atoms with Crippen LogP contribution in [-0.2, 0) is 0 Å². The van der Waals surface area contributed by atoms with Gasteiger partial charge >= 0.3 is 0 Å². The molecule has 1 N–H and O–H groups in total. The molecule has 1 atom stereocenters. The van der Waals surface area contributed by atoms with Crippen LogP contribution >= 0.6 is 11.6 Å². The Morgan fingerprint density at radius 2 is 2.06 bits per heavy atom. The number of benzene rings is 1. The van der Waals surface area contributed by atoms with E-state index < -0.39 is 6.10 Å². The van der Waals surface area contributed by atoms with Gasteiger partial charge in [-0.05, 0) is 23.8 Å². The van der Waals surface area contributed by atoms with Gasteiger partial charge in [0.15, 0.2) is 0 Å². The van der Waals surface area contributed by atoms with Crippen LogP contribution in [0.1, 0.15) is 17.2 Å². The van der Waals surface area contributed by atoms with E-state index in [0.29, 0.717) is 16.5 Å². The first-order valence-electron chi connectivity index (χ1n) is 5.14. The first-order valence-corrected chi connectivity index (χ1v) is 5.52. The van der Waals surface area contributed by atoms with Crippen molar-refractivity contribution in [1.29, 1.82) is 0 Å². The number of pyridine rings is 1. The first kappa shape index (κ1) is 11.9. The highest BCUT2D eigenvalue weighted by Gasteiger charge is 2.11. The van der Waals surface area contributed by atoms with E-state index in [4.69, 9.17) is 16.3 Å². The third-order valence-corrected chi connectivity index (χ3v) is 2.68. The minimum absolute atomic E-state index is 0.520. The molecule has 0 bridgehead atoms. The molecule has 0 amide bonds. The van der Waals surface area contributed by atoms with Crippen LogP contribution in [0.4, 0.5) is 0 Å². The Bertz CT molecular complexity index is 499. The van der Waals surface area contributed by atoms with Crippen LogP contribution in [0.5, 0.6) is 5.88 Å². The van der Waals surface area contributed by atoms with Crippen molar-refractivity contribution in [1.82, 2.24) is 4.98 Å². The highest BCUT2D eigenvalue weighted by molar-refractivity contribution is 6.30. The van der Waals surface area contributed by atoms with Gasteiger partial charge in [-0.3, -0.25) is 0 Å². The molecule has 0 saturated heterocycles. The fourth-order valence-electron chi connectivity index (χ4n) is 1.54. The zero-order chi connectivity index (χ0) is 12.3. The summed E-state index contributed by atoms with van der Waals surface area (Å²) in [5.74, 6) is 0.520. The monoisotopic (exact) mass is 249 g/mol. The van der Waals surface area contributed by atoms with Crippen LogP contribution in [0.2, 0.25) is 5.02 Å². The van der Waals surface area contributed by atoms with E-state index in [2.05, 4.69) is 4.98 Å². The molecule has 1 heterocycles. The minimum Gasteiger partial charge on any atom is -0.481 e. The highest BCUT2D eigenvalue weighted by Crippen LogP contribution is 2.24. The summed E-state index contributed by atoms with van der Waals surface area (Å²) in [6.45, 7) is 0. The molecule has 0 fully saturated rings. The molecule has 2 aromatic rings. The van der Waals surface area contributed by atoms with Crippen molar-refractivity contribution in [3.63, 3.8) is 0 Å². The molecule has 0 saturated carbocycles. The van der Waals surface area contributed by atoms with Crippen molar-refractivity contribution in [2.45, 2.75) is 6.10 Å². The maximum atomic E-state index is 10.1. The molecule has 1 aromatic carbocycles. The van der Waals surface area contributed by atoms with Gasteiger partial charge in [-0.2, -0.15) is 0 Å². The Balaban J connectivity index is 2.27. The van der Waals surface area contributed by atoms with Crippen LogP contribution in [-0.4, -0.2) is 17.2 Å². The van der Waals surface area contributed by atoms with Gasteiger partial charge in [0.25, 0.3) is 0 Å². The van der Waals surface area contributed by atoms with Crippen molar-refractivity contribution in [3.8, 4) is 5.88 Å². The van der Waals surface area contributed by atoms with Gasteiger partial charge in [0.05, 0.1) is 7.11 Å². The molecule has 1 unspecified atom stereocenters. The summed E-state index contributed by atoms with van der Waals surface area (Å²) in [5, 5.41) is 10.7. The highest BCUT2D eigenvalue weighted by atomic mass is 35.5. The molecule has 0 spiro atoms. The van der Waals surface area contributed by atoms with Crippen molar-refractivity contribution in [3.05, 3.63) is 58.7 Å². The average molecular weight is 250 g/mol. The summed E-state index contributed by atoms with van der Waals surface area (Å²) >= 11 is 5.88. The summed E-state index contributed by atoms with van der Waals surface area (Å²) in [4.78, 5) is 4.05. The lowest BCUT2D eigenvalue weighted by molar-refractivity contribution is 0.219. The number of aliphatic hydroxyl groups excluding tert-OH is 1. The van der Waals surface area contributed by atoms with Gasteiger partial charge in [-0.15, -0.1) is 0 Å². The maximum absolute atomic E-state index is 10.1. The third-order valence-electron chi connectivity index (χ3n) is 2.45. The Hall–Kier alpha value is -1.58. The number of methoxy groups -OCH3 is 1. The van der Waals surface area contributed by atoms with E-state index >= 15 is 0 Å². The molecule has 0 aliphatic rings. The SMILES string of the molecule is COc1ccc(C(O)c2cccc(Cl)c2)cn1. The van der Waals surface area contributed by atoms with Gasteiger partial charge in [0.2, 0.25) is 5.88 Å². The molecule has 17 heavy (non-hydrogen) atoms.